The number of hydrogen-bond acceptors (Lipinski definition) is 3. The van der Waals surface area contributed by atoms with Crippen LogP contribution in [-0.2, 0) is 0 Å². The monoisotopic (exact) mass is 297 g/mol. The lowest BCUT2D eigenvalue weighted by molar-refractivity contribution is 0.394. The molecule has 5 heteroatoms. The van der Waals surface area contributed by atoms with E-state index in [2.05, 4.69) is 53.9 Å². The van der Waals surface area contributed by atoms with Gasteiger partial charge in [0.05, 0.1) is 0 Å². The van der Waals surface area contributed by atoms with E-state index in [9.17, 15) is 0 Å². The molecule has 2 atom stereocenters. The highest BCUT2D eigenvalue weighted by molar-refractivity contribution is 7.80. The van der Waals surface area contributed by atoms with Crippen molar-refractivity contribution in [2.75, 3.05) is 26.7 Å². The Labute approximate surface area is 125 Å². The lowest BCUT2D eigenvalue weighted by Crippen LogP contribution is -2.42. The van der Waals surface area contributed by atoms with Crippen molar-refractivity contribution < 1.29 is 0 Å². The molecular weight excluding hydrogens is 274 g/mol. The SMILES string of the molecule is CC(C)NC(=S)NC[C@H]1CN(C)C[C@H]1c1cccs1. The maximum Gasteiger partial charge on any atom is 0.166 e. The molecule has 0 aromatic carbocycles. The summed E-state index contributed by atoms with van der Waals surface area (Å²) in [5.74, 6) is 1.27. The number of thiophene rings is 1. The first kappa shape index (κ1) is 14.8. The molecule has 0 unspecified atom stereocenters. The van der Waals surface area contributed by atoms with Gasteiger partial charge in [0.1, 0.15) is 0 Å². The van der Waals surface area contributed by atoms with Gasteiger partial charge >= 0.3 is 0 Å². The van der Waals surface area contributed by atoms with Crippen LogP contribution in [0.4, 0.5) is 0 Å². The van der Waals surface area contributed by atoms with Crippen LogP contribution in [0.15, 0.2) is 17.5 Å². The Morgan fingerprint density at radius 1 is 1.53 bits per heavy atom. The van der Waals surface area contributed by atoms with Crippen molar-refractivity contribution in [2.45, 2.75) is 25.8 Å². The fraction of sp³-hybridized carbons (Fsp3) is 0.643. The average Bonchev–Trinajstić information content (AvgIpc) is 2.93. The van der Waals surface area contributed by atoms with Crippen LogP contribution in [0.3, 0.4) is 0 Å². The molecule has 0 saturated carbocycles. The molecule has 19 heavy (non-hydrogen) atoms. The van der Waals surface area contributed by atoms with E-state index in [1.54, 1.807) is 0 Å². The van der Waals surface area contributed by atoms with E-state index in [1.807, 2.05) is 11.3 Å². The highest BCUT2D eigenvalue weighted by Crippen LogP contribution is 2.33. The molecule has 1 fully saturated rings. The molecule has 1 aliphatic rings. The molecule has 106 valence electrons. The molecule has 0 aliphatic carbocycles. The molecule has 2 rings (SSSR count). The lowest BCUT2D eigenvalue weighted by Gasteiger charge is -2.20. The Morgan fingerprint density at radius 2 is 2.32 bits per heavy atom. The number of likely N-dealkylation sites (N-methyl/N-ethyl adjacent to an activating group) is 1. The van der Waals surface area contributed by atoms with Gasteiger partial charge in [0.15, 0.2) is 5.11 Å². The third-order valence-corrected chi connectivity index (χ3v) is 4.74. The van der Waals surface area contributed by atoms with Gasteiger partial charge < -0.3 is 15.5 Å². The van der Waals surface area contributed by atoms with Crippen LogP contribution in [0.5, 0.6) is 0 Å². The number of rotatable bonds is 4. The minimum absolute atomic E-state index is 0.388. The lowest BCUT2D eigenvalue weighted by atomic mass is 9.94. The standard InChI is InChI=1S/C14H23N3S2/c1-10(2)16-14(18)15-7-11-8-17(3)9-12(11)13-5-4-6-19-13/h4-6,10-12H,7-9H2,1-3H3,(H2,15,16,18)/t11-,12+/m0/s1. The zero-order valence-electron chi connectivity index (χ0n) is 11.8. The molecule has 0 amide bonds. The summed E-state index contributed by atoms with van der Waals surface area (Å²) in [6.45, 7) is 7.44. The number of likely N-dealkylation sites (tertiary alicyclic amines) is 1. The average molecular weight is 297 g/mol. The minimum atomic E-state index is 0.388. The van der Waals surface area contributed by atoms with Gasteiger partial charge in [-0.3, -0.25) is 0 Å². The van der Waals surface area contributed by atoms with Crippen molar-refractivity contribution in [1.82, 2.24) is 15.5 Å². The maximum atomic E-state index is 5.30. The fourth-order valence-corrected chi connectivity index (χ4v) is 3.89. The van der Waals surface area contributed by atoms with E-state index >= 15 is 0 Å². The number of hydrogen-bond donors (Lipinski definition) is 2. The van der Waals surface area contributed by atoms with Crippen LogP contribution in [0, 0.1) is 5.92 Å². The molecule has 0 spiro atoms. The predicted octanol–water partition coefficient (Wildman–Crippen LogP) is 2.27. The number of thiocarbonyl (C=S) groups is 1. The van der Waals surface area contributed by atoms with E-state index < -0.39 is 0 Å². The first-order valence-corrected chi connectivity index (χ1v) is 8.11. The van der Waals surface area contributed by atoms with Gasteiger partial charge in [0, 0.05) is 36.5 Å². The Bertz CT molecular complexity index is 403. The molecule has 1 aromatic rings. The van der Waals surface area contributed by atoms with Crippen molar-refractivity contribution >= 4 is 28.7 Å². The normalized spacial score (nSPS) is 23.8. The fourth-order valence-electron chi connectivity index (χ4n) is 2.66. The molecule has 0 radical (unpaired) electrons. The Hall–Kier alpha value is -0.650. The van der Waals surface area contributed by atoms with E-state index in [-0.39, 0.29) is 0 Å². The van der Waals surface area contributed by atoms with Gasteiger partial charge in [0.25, 0.3) is 0 Å². The van der Waals surface area contributed by atoms with Crippen LogP contribution >= 0.6 is 23.6 Å². The highest BCUT2D eigenvalue weighted by atomic mass is 32.1. The van der Waals surface area contributed by atoms with Crippen molar-refractivity contribution in [1.29, 1.82) is 0 Å². The summed E-state index contributed by atoms with van der Waals surface area (Å²) in [4.78, 5) is 3.91. The zero-order chi connectivity index (χ0) is 13.8. The molecule has 0 bridgehead atoms. The smallest absolute Gasteiger partial charge is 0.166 e. The largest absolute Gasteiger partial charge is 0.362 e. The summed E-state index contributed by atoms with van der Waals surface area (Å²) in [5.41, 5.74) is 0. The number of nitrogens with zero attached hydrogens (tertiary/aromatic N) is 1. The summed E-state index contributed by atoms with van der Waals surface area (Å²) in [6.07, 6.45) is 0. The zero-order valence-corrected chi connectivity index (χ0v) is 13.5. The summed E-state index contributed by atoms with van der Waals surface area (Å²) >= 11 is 7.17. The summed E-state index contributed by atoms with van der Waals surface area (Å²) in [6, 6.07) is 4.79. The second-order valence-electron chi connectivity index (χ2n) is 5.61. The highest BCUT2D eigenvalue weighted by Gasteiger charge is 2.32. The second-order valence-corrected chi connectivity index (χ2v) is 7.00. The van der Waals surface area contributed by atoms with Gasteiger partial charge in [-0.2, -0.15) is 0 Å². The molecular formula is C14H23N3S2. The van der Waals surface area contributed by atoms with Gasteiger partial charge in [-0.1, -0.05) is 6.07 Å². The first-order chi connectivity index (χ1) is 9.06. The van der Waals surface area contributed by atoms with Crippen LogP contribution in [0.25, 0.3) is 0 Å². The molecule has 1 aliphatic heterocycles. The van der Waals surface area contributed by atoms with Crippen molar-refractivity contribution in [3.05, 3.63) is 22.4 Å². The van der Waals surface area contributed by atoms with Crippen molar-refractivity contribution in [3.8, 4) is 0 Å². The first-order valence-electron chi connectivity index (χ1n) is 6.82. The molecule has 2 N–H and O–H groups in total. The summed E-state index contributed by atoms with van der Waals surface area (Å²) in [7, 11) is 2.20. The van der Waals surface area contributed by atoms with Gasteiger partial charge in [-0.15, -0.1) is 11.3 Å². The van der Waals surface area contributed by atoms with Gasteiger partial charge in [-0.25, -0.2) is 0 Å². The van der Waals surface area contributed by atoms with Crippen LogP contribution in [0.2, 0.25) is 0 Å². The second kappa shape index (κ2) is 6.68. The Morgan fingerprint density at radius 3 is 2.95 bits per heavy atom. The Kier molecular flexibility index (Phi) is 5.19. The molecule has 1 saturated heterocycles. The third kappa shape index (κ3) is 4.16. The third-order valence-electron chi connectivity index (χ3n) is 3.48. The van der Waals surface area contributed by atoms with Crippen LogP contribution in [-0.4, -0.2) is 42.7 Å². The van der Waals surface area contributed by atoms with E-state index in [0.29, 0.717) is 17.9 Å². The molecule has 1 aromatic heterocycles. The van der Waals surface area contributed by atoms with Gasteiger partial charge in [0.2, 0.25) is 0 Å². The number of nitrogens with one attached hydrogen (secondary N) is 2. The van der Waals surface area contributed by atoms with E-state index in [0.717, 1.165) is 24.7 Å². The van der Waals surface area contributed by atoms with Crippen LogP contribution in [0.1, 0.15) is 24.6 Å². The van der Waals surface area contributed by atoms with Crippen LogP contribution < -0.4 is 10.6 Å². The molecule has 3 nitrogen and oxygen atoms in total. The molecule has 2 heterocycles. The summed E-state index contributed by atoms with van der Waals surface area (Å²) in [5, 5.41) is 9.55. The summed E-state index contributed by atoms with van der Waals surface area (Å²) < 4.78 is 0. The minimum Gasteiger partial charge on any atom is -0.362 e. The Balaban J connectivity index is 1.89. The maximum absolute atomic E-state index is 5.30. The van der Waals surface area contributed by atoms with Crippen molar-refractivity contribution in [2.24, 2.45) is 5.92 Å². The van der Waals surface area contributed by atoms with Crippen molar-refractivity contribution in [3.63, 3.8) is 0 Å². The van der Waals surface area contributed by atoms with E-state index in [4.69, 9.17) is 12.2 Å². The quantitative estimate of drug-likeness (QED) is 0.834. The van der Waals surface area contributed by atoms with E-state index in [1.165, 1.54) is 4.88 Å². The topological polar surface area (TPSA) is 27.3 Å². The predicted molar refractivity (Wildman–Crippen MR) is 86.9 cm³/mol. The van der Waals surface area contributed by atoms with Gasteiger partial charge in [-0.05, 0) is 50.5 Å².